The van der Waals surface area contributed by atoms with E-state index in [-0.39, 0.29) is 0 Å². The van der Waals surface area contributed by atoms with Crippen LogP contribution < -0.4 is 0 Å². The molecule has 0 fully saturated rings. The van der Waals surface area contributed by atoms with Crippen molar-refractivity contribution in [3.63, 3.8) is 0 Å². The van der Waals surface area contributed by atoms with Crippen LogP contribution in [0.2, 0.25) is 0 Å². The summed E-state index contributed by atoms with van der Waals surface area (Å²) in [5.74, 6) is 0.551. The molecule has 0 aliphatic heterocycles. The minimum Gasteiger partial charge on any atom is -0.353 e. The molecule has 1 radical (unpaired) electrons. The van der Waals surface area contributed by atoms with Crippen LogP contribution in [0, 0.1) is 6.26 Å². The standard InChI is InChI=1S/C8H12NO/c1-3-7(4-2)8-5-6-10-9-8/h5,7H,3-4H2,1-2H3. The molecule has 10 heavy (non-hydrogen) atoms. The third-order valence-corrected chi connectivity index (χ3v) is 1.81. The van der Waals surface area contributed by atoms with Crippen LogP contribution in [0.25, 0.3) is 0 Å². The van der Waals surface area contributed by atoms with Crippen molar-refractivity contribution in [3.8, 4) is 0 Å². The van der Waals surface area contributed by atoms with Crippen molar-refractivity contribution in [1.82, 2.24) is 5.16 Å². The summed E-state index contributed by atoms with van der Waals surface area (Å²) in [7, 11) is 0. The largest absolute Gasteiger partial charge is 0.353 e. The van der Waals surface area contributed by atoms with Crippen LogP contribution in [0.3, 0.4) is 0 Å². The first-order chi connectivity index (χ1) is 4.88. The SMILES string of the molecule is CCC(CC)c1c[c]on1. The van der Waals surface area contributed by atoms with Crippen molar-refractivity contribution >= 4 is 0 Å². The molecule has 0 aliphatic rings. The van der Waals surface area contributed by atoms with Crippen molar-refractivity contribution in [2.75, 3.05) is 0 Å². The predicted octanol–water partition coefficient (Wildman–Crippen LogP) is 2.38. The zero-order valence-corrected chi connectivity index (χ0v) is 6.42. The Hall–Kier alpha value is -0.790. The molecule has 0 aliphatic carbocycles. The Morgan fingerprint density at radius 2 is 2.30 bits per heavy atom. The fourth-order valence-corrected chi connectivity index (χ4v) is 1.09. The van der Waals surface area contributed by atoms with Crippen LogP contribution in [0.4, 0.5) is 0 Å². The third-order valence-electron chi connectivity index (χ3n) is 1.81. The summed E-state index contributed by atoms with van der Waals surface area (Å²) in [6, 6.07) is 1.82. The van der Waals surface area contributed by atoms with Gasteiger partial charge in [-0.3, -0.25) is 0 Å². The van der Waals surface area contributed by atoms with E-state index in [1.807, 2.05) is 6.07 Å². The molecular weight excluding hydrogens is 126 g/mol. The Morgan fingerprint density at radius 3 is 2.70 bits per heavy atom. The Balaban J connectivity index is 2.64. The highest BCUT2D eigenvalue weighted by molar-refractivity contribution is 5.02. The van der Waals surface area contributed by atoms with Gasteiger partial charge in [0.25, 0.3) is 0 Å². The molecule has 0 bridgehead atoms. The Morgan fingerprint density at radius 1 is 1.60 bits per heavy atom. The molecule has 2 nitrogen and oxygen atoms in total. The molecule has 1 rings (SSSR count). The first-order valence-electron chi connectivity index (χ1n) is 3.71. The van der Waals surface area contributed by atoms with Crippen molar-refractivity contribution in [1.29, 1.82) is 0 Å². The molecule has 0 atom stereocenters. The number of rotatable bonds is 3. The van der Waals surface area contributed by atoms with E-state index in [2.05, 4.69) is 29.8 Å². The van der Waals surface area contributed by atoms with Gasteiger partial charge < -0.3 is 4.52 Å². The normalized spacial score (nSPS) is 10.7. The maximum absolute atomic E-state index is 4.62. The third kappa shape index (κ3) is 1.38. The summed E-state index contributed by atoms with van der Waals surface area (Å²) in [5.41, 5.74) is 1.03. The maximum atomic E-state index is 4.62. The van der Waals surface area contributed by atoms with Gasteiger partial charge in [-0.05, 0) is 12.8 Å². The van der Waals surface area contributed by atoms with E-state index in [4.69, 9.17) is 0 Å². The monoisotopic (exact) mass is 138 g/mol. The average Bonchev–Trinajstić information content (AvgIpc) is 2.43. The molecule has 1 heterocycles. The summed E-state index contributed by atoms with van der Waals surface area (Å²) in [6.45, 7) is 4.31. The minimum absolute atomic E-state index is 0.551. The lowest BCUT2D eigenvalue weighted by Gasteiger charge is -2.05. The molecule has 1 aromatic rings. The van der Waals surface area contributed by atoms with Gasteiger partial charge in [0.05, 0.1) is 5.69 Å². The molecule has 0 saturated carbocycles. The van der Waals surface area contributed by atoms with Gasteiger partial charge in [-0.15, -0.1) is 0 Å². The number of aromatic nitrogens is 1. The van der Waals surface area contributed by atoms with Crippen LogP contribution in [-0.4, -0.2) is 5.16 Å². The molecular formula is C8H12NO. The van der Waals surface area contributed by atoms with E-state index in [0.717, 1.165) is 18.5 Å². The highest BCUT2D eigenvalue weighted by Gasteiger charge is 2.08. The maximum Gasteiger partial charge on any atom is 0.205 e. The second-order valence-electron chi connectivity index (χ2n) is 2.38. The zero-order valence-electron chi connectivity index (χ0n) is 6.42. The van der Waals surface area contributed by atoms with E-state index >= 15 is 0 Å². The molecule has 0 aromatic carbocycles. The molecule has 1 aromatic heterocycles. The minimum atomic E-state index is 0.551. The lowest BCUT2D eigenvalue weighted by molar-refractivity contribution is 0.396. The van der Waals surface area contributed by atoms with Gasteiger partial charge in [0.1, 0.15) is 0 Å². The second kappa shape index (κ2) is 3.40. The fraction of sp³-hybridized carbons (Fsp3) is 0.625. The molecule has 0 amide bonds. The van der Waals surface area contributed by atoms with Gasteiger partial charge >= 0.3 is 0 Å². The van der Waals surface area contributed by atoms with Crippen molar-refractivity contribution in [2.45, 2.75) is 32.6 Å². The summed E-state index contributed by atoms with van der Waals surface area (Å²) in [5, 5.41) is 3.83. The summed E-state index contributed by atoms with van der Waals surface area (Å²) < 4.78 is 4.62. The average molecular weight is 138 g/mol. The summed E-state index contributed by atoms with van der Waals surface area (Å²) >= 11 is 0. The van der Waals surface area contributed by atoms with Crippen molar-refractivity contribution < 1.29 is 4.52 Å². The fourth-order valence-electron chi connectivity index (χ4n) is 1.09. The summed E-state index contributed by atoms with van der Waals surface area (Å²) in [6.07, 6.45) is 4.84. The summed E-state index contributed by atoms with van der Waals surface area (Å²) in [4.78, 5) is 0. The topological polar surface area (TPSA) is 26.0 Å². The van der Waals surface area contributed by atoms with E-state index < -0.39 is 0 Å². The van der Waals surface area contributed by atoms with E-state index in [1.54, 1.807) is 0 Å². The second-order valence-corrected chi connectivity index (χ2v) is 2.38. The van der Waals surface area contributed by atoms with Crippen LogP contribution >= 0.6 is 0 Å². The predicted molar refractivity (Wildman–Crippen MR) is 38.7 cm³/mol. The van der Waals surface area contributed by atoms with Gasteiger partial charge in [0.2, 0.25) is 6.26 Å². The molecule has 55 valence electrons. The molecule has 2 heteroatoms. The first kappa shape index (κ1) is 7.32. The van der Waals surface area contributed by atoms with Crippen LogP contribution in [-0.2, 0) is 0 Å². The number of hydrogen-bond acceptors (Lipinski definition) is 2. The van der Waals surface area contributed by atoms with E-state index in [9.17, 15) is 0 Å². The van der Waals surface area contributed by atoms with Gasteiger partial charge in [0, 0.05) is 12.0 Å². The van der Waals surface area contributed by atoms with Gasteiger partial charge in [0.15, 0.2) is 0 Å². The van der Waals surface area contributed by atoms with E-state index in [1.165, 1.54) is 0 Å². The Labute approximate surface area is 61.2 Å². The van der Waals surface area contributed by atoms with Crippen LogP contribution in [0.1, 0.15) is 38.3 Å². The van der Waals surface area contributed by atoms with Gasteiger partial charge in [-0.25, -0.2) is 0 Å². The van der Waals surface area contributed by atoms with Gasteiger partial charge in [-0.2, -0.15) is 0 Å². The van der Waals surface area contributed by atoms with E-state index in [0.29, 0.717) is 5.92 Å². The smallest absolute Gasteiger partial charge is 0.205 e. The van der Waals surface area contributed by atoms with Crippen LogP contribution in [0.5, 0.6) is 0 Å². The van der Waals surface area contributed by atoms with Gasteiger partial charge in [-0.1, -0.05) is 19.0 Å². The van der Waals surface area contributed by atoms with Crippen molar-refractivity contribution in [2.24, 2.45) is 0 Å². The quantitative estimate of drug-likeness (QED) is 0.641. The molecule has 0 saturated heterocycles. The zero-order chi connectivity index (χ0) is 7.40. The molecule has 0 N–H and O–H groups in total. The highest BCUT2D eigenvalue weighted by atomic mass is 16.5. The lowest BCUT2D eigenvalue weighted by Crippen LogP contribution is -1.94. The number of nitrogens with zero attached hydrogens (tertiary/aromatic N) is 1. The molecule has 0 spiro atoms. The molecule has 0 unspecified atom stereocenters. The Kier molecular flexibility index (Phi) is 2.49. The highest BCUT2D eigenvalue weighted by Crippen LogP contribution is 2.19. The van der Waals surface area contributed by atoms with Crippen molar-refractivity contribution in [3.05, 3.63) is 18.0 Å². The lowest BCUT2D eigenvalue weighted by atomic mass is 10.0. The number of hydrogen-bond donors (Lipinski definition) is 0. The Bertz CT molecular complexity index is 165. The first-order valence-corrected chi connectivity index (χ1v) is 3.71. The van der Waals surface area contributed by atoms with Crippen LogP contribution in [0.15, 0.2) is 10.6 Å².